The number of nitrogen functional groups attached to an aromatic ring is 1. The Balaban J connectivity index is 2.46. The van der Waals surface area contributed by atoms with Crippen molar-refractivity contribution in [2.75, 3.05) is 25.5 Å². The van der Waals surface area contributed by atoms with Crippen LogP contribution in [0.2, 0.25) is 0 Å². The number of ether oxygens (including phenoxy) is 1. The monoisotopic (exact) mass is 304 g/mol. The van der Waals surface area contributed by atoms with E-state index in [-0.39, 0.29) is 23.7 Å². The largest absolute Gasteiger partial charge is 0.398 e. The Kier molecular flexibility index (Phi) is 6.38. The Labute approximate surface area is 119 Å². The van der Waals surface area contributed by atoms with Crippen molar-refractivity contribution < 1.29 is 17.5 Å². The maximum atomic E-state index is 12.9. The van der Waals surface area contributed by atoms with Gasteiger partial charge in [0.15, 0.2) is 0 Å². The average molecular weight is 304 g/mol. The first kappa shape index (κ1) is 16.9. The lowest BCUT2D eigenvalue weighted by Crippen LogP contribution is -2.28. The molecule has 1 aromatic rings. The fourth-order valence-electron chi connectivity index (χ4n) is 1.51. The molecule has 20 heavy (non-hydrogen) atoms. The van der Waals surface area contributed by atoms with E-state index < -0.39 is 15.8 Å². The molecule has 0 aliphatic carbocycles. The number of nitrogens with one attached hydrogen (secondary N) is 1. The Morgan fingerprint density at radius 3 is 2.65 bits per heavy atom. The standard InChI is InChI=1S/C13H21FN2O3S/c1-10(2)5-7-19-8-6-16-20(17,18)13-4-3-11(14)9-12(13)15/h3-4,9-10,16H,5-8,15H2,1-2H3. The van der Waals surface area contributed by atoms with E-state index in [9.17, 15) is 12.8 Å². The molecule has 3 N–H and O–H groups in total. The third kappa shape index (κ3) is 5.44. The molecule has 0 bridgehead atoms. The van der Waals surface area contributed by atoms with E-state index in [0.29, 0.717) is 12.5 Å². The van der Waals surface area contributed by atoms with Crippen LogP contribution in [-0.4, -0.2) is 28.2 Å². The third-order valence-corrected chi connectivity index (χ3v) is 4.17. The zero-order valence-electron chi connectivity index (χ0n) is 11.7. The van der Waals surface area contributed by atoms with Gasteiger partial charge in [0.25, 0.3) is 0 Å². The van der Waals surface area contributed by atoms with Crippen LogP contribution in [0.4, 0.5) is 10.1 Å². The van der Waals surface area contributed by atoms with Crippen LogP contribution in [0.5, 0.6) is 0 Å². The van der Waals surface area contributed by atoms with Crippen LogP contribution < -0.4 is 10.5 Å². The number of hydrogen-bond acceptors (Lipinski definition) is 4. The third-order valence-electron chi connectivity index (χ3n) is 2.64. The molecule has 0 unspecified atom stereocenters. The average Bonchev–Trinajstić information content (AvgIpc) is 2.32. The first-order chi connectivity index (χ1) is 9.33. The smallest absolute Gasteiger partial charge is 0.242 e. The Morgan fingerprint density at radius 2 is 2.05 bits per heavy atom. The summed E-state index contributed by atoms with van der Waals surface area (Å²) in [5.41, 5.74) is 5.39. The lowest BCUT2D eigenvalue weighted by molar-refractivity contribution is 0.128. The summed E-state index contributed by atoms with van der Waals surface area (Å²) in [6, 6.07) is 3.18. The van der Waals surface area contributed by atoms with Crippen molar-refractivity contribution in [3.63, 3.8) is 0 Å². The number of sulfonamides is 1. The number of benzene rings is 1. The highest BCUT2D eigenvalue weighted by Crippen LogP contribution is 2.18. The van der Waals surface area contributed by atoms with Gasteiger partial charge in [0, 0.05) is 13.2 Å². The fraction of sp³-hybridized carbons (Fsp3) is 0.538. The molecule has 0 radical (unpaired) electrons. The van der Waals surface area contributed by atoms with Gasteiger partial charge in [-0.05, 0) is 30.5 Å². The quantitative estimate of drug-likeness (QED) is 0.566. The molecule has 0 saturated carbocycles. The summed E-state index contributed by atoms with van der Waals surface area (Å²) in [4.78, 5) is -0.124. The number of rotatable bonds is 8. The molecular formula is C13H21FN2O3S. The predicted octanol–water partition coefficient (Wildman–Crippen LogP) is 1.75. The fourth-order valence-corrected chi connectivity index (χ4v) is 2.64. The van der Waals surface area contributed by atoms with Crippen LogP contribution in [0.15, 0.2) is 23.1 Å². The molecule has 0 fully saturated rings. The van der Waals surface area contributed by atoms with Crippen LogP contribution in [0.25, 0.3) is 0 Å². The lowest BCUT2D eigenvalue weighted by Gasteiger charge is -2.10. The molecule has 1 aromatic carbocycles. The Hall–Kier alpha value is -1.18. The van der Waals surface area contributed by atoms with Crippen LogP contribution in [0.1, 0.15) is 20.3 Å². The van der Waals surface area contributed by atoms with Gasteiger partial charge in [0.2, 0.25) is 10.0 Å². The zero-order valence-corrected chi connectivity index (χ0v) is 12.5. The van der Waals surface area contributed by atoms with Crippen molar-refractivity contribution in [2.45, 2.75) is 25.2 Å². The SMILES string of the molecule is CC(C)CCOCCNS(=O)(=O)c1ccc(F)cc1N. The second-order valence-electron chi connectivity index (χ2n) is 4.87. The molecule has 1 rings (SSSR count). The zero-order chi connectivity index (χ0) is 15.2. The van der Waals surface area contributed by atoms with E-state index in [4.69, 9.17) is 10.5 Å². The molecule has 7 heteroatoms. The Morgan fingerprint density at radius 1 is 1.35 bits per heavy atom. The minimum absolute atomic E-state index is 0.113. The summed E-state index contributed by atoms with van der Waals surface area (Å²) in [7, 11) is -3.73. The van der Waals surface area contributed by atoms with E-state index in [1.807, 2.05) is 0 Å². The maximum absolute atomic E-state index is 12.9. The highest BCUT2D eigenvalue weighted by atomic mass is 32.2. The van der Waals surface area contributed by atoms with Crippen molar-refractivity contribution in [3.8, 4) is 0 Å². The Bertz CT molecular complexity index is 532. The van der Waals surface area contributed by atoms with Gasteiger partial charge in [-0.1, -0.05) is 13.8 Å². The summed E-state index contributed by atoms with van der Waals surface area (Å²) in [6.45, 7) is 5.20. The van der Waals surface area contributed by atoms with Gasteiger partial charge in [-0.3, -0.25) is 0 Å². The van der Waals surface area contributed by atoms with Gasteiger partial charge in [-0.2, -0.15) is 0 Å². The minimum atomic E-state index is -3.73. The van der Waals surface area contributed by atoms with Crippen LogP contribution in [-0.2, 0) is 14.8 Å². The van der Waals surface area contributed by atoms with Crippen LogP contribution in [0.3, 0.4) is 0 Å². The molecule has 0 aliphatic rings. The van der Waals surface area contributed by atoms with E-state index in [2.05, 4.69) is 18.6 Å². The van der Waals surface area contributed by atoms with Crippen LogP contribution >= 0.6 is 0 Å². The van der Waals surface area contributed by atoms with Gasteiger partial charge in [0.1, 0.15) is 10.7 Å². The first-order valence-electron chi connectivity index (χ1n) is 6.45. The summed E-state index contributed by atoms with van der Waals surface area (Å²) in [5.74, 6) is -0.0239. The van der Waals surface area contributed by atoms with Crippen molar-refractivity contribution in [1.29, 1.82) is 0 Å². The lowest BCUT2D eigenvalue weighted by atomic mass is 10.1. The van der Waals surface area contributed by atoms with E-state index in [1.54, 1.807) is 0 Å². The summed E-state index contributed by atoms with van der Waals surface area (Å²) in [6.07, 6.45) is 0.928. The van der Waals surface area contributed by atoms with Crippen molar-refractivity contribution in [2.24, 2.45) is 5.92 Å². The van der Waals surface area contributed by atoms with E-state index in [0.717, 1.165) is 24.6 Å². The molecule has 0 amide bonds. The van der Waals surface area contributed by atoms with Crippen molar-refractivity contribution >= 4 is 15.7 Å². The molecule has 0 spiro atoms. The molecule has 5 nitrogen and oxygen atoms in total. The number of nitrogens with two attached hydrogens (primary N) is 1. The van der Waals surface area contributed by atoms with Crippen LogP contribution in [0, 0.1) is 11.7 Å². The summed E-state index contributed by atoms with van der Waals surface area (Å²) in [5, 5.41) is 0. The van der Waals surface area contributed by atoms with Gasteiger partial charge >= 0.3 is 0 Å². The summed E-state index contributed by atoms with van der Waals surface area (Å²) >= 11 is 0. The van der Waals surface area contributed by atoms with Gasteiger partial charge in [0.05, 0.1) is 12.3 Å². The number of hydrogen-bond donors (Lipinski definition) is 2. The van der Waals surface area contributed by atoms with Crippen molar-refractivity contribution in [1.82, 2.24) is 4.72 Å². The summed E-state index contributed by atoms with van der Waals surface area (Å²) < 4.78 is 44.4. The van der Waals surface area contributed by atoms with Crippen molar-refractivity contribution in [3.05, 3.63) is 24.0 Å². The molecule has 0 aromatic heterocycles. The van der Waals surface area contributed by atoms with Gasteiger partial charge in [-0.15, -0.1) is 0 Å². The number of halogens is 1. The first-order valence-corrected chi connectivity index (χ1v) is 7.93. The highest BCUT2D eigenvalue weighted by molar-refractivity contribution is 7.89. The molecule has 0 saturated heterocycles. The number of anilines is 1. The second kappa shape index (κ2) is 7.56. The molecule has 0 atom stereocenters. The maximum Gasteiger partial charge on any atom is 0.242 e. The second-order valence-corrected chi connectivity index (χ2v) is 6.61. The molecule has 0 heterocycles. The van der Waals surface area contributed by atoms with Gasteiger partial charge < -0.3 is 10.5 Å². The topological polar surface area (TPSA) is 81.4 Å². The highest BCUT2D eigenvalue weighted by Gasteiger charge is 2.17. The molecular weight excluding hydrogens is 283 g/mol. The predicted molar refractivity (Wildman–Crippen MR) is 76.3 cm³/mol. The minimum Gasteiger partial charge on any atom is -0.398 e. The molecule has 114 valence electrons. The normalized spacial score (nSPS) is 12.0. The van der Waals surface area contributed by atoms with E-state index in [1.165, 1.54) is 0 Å². The molecule has 0 aliphatic heterocycles. The van der Waals surface area contributed by atoms with E-state index >= 15 is 0 Å². The van der Waals surface area contributed by atoms with Gasteiger partial charge in [-0.25, -0.2) is 17.5 Å².